The van der Waals surface area contributed by atoms with Crippen molar-refractivity contribution in [2.45, 2.75) is 25.3 Å². The highest BCUT2D eigenvalue weighted by atomic mass is 16.4. The maximum absolute atomic E-state index is 10.6. The first-order valence-electron chi connectivity index (χ1n) is 4.25. The van der Waals surface area contributed by atoms with Gasteiger partial charge >= 0.3 is 5.97 Å². The van der Waals surface area contributed by atoms with Crippen molar-refractivity contribution in [1.29, 1.82) is 0 Å². The van der Waals surface area contributed by atoms with Gasteiger partial charge in [-0.1, -0.05) is 13.0 Å². The van der Waals surface area contributed by atoms with Crippen LogP contribution in [-0.4, -0.2) is 35.6 Å². The van der Waals surface area contributed by atoms with E-state index in [4.69, 9.17) is 5.11 Å². The molecule has 1 rings (SSSR count). The number of likely N-dealkylation sites (N-methyl/N-ethyl adjacent to an activating group) is 1. The van der Waals surface area contributed by atoms with Gasteiger partial charge < -0.3 is 5.11 Å². The van der Waals surface area contributed by atoms with Gasteiger partial charge in [0.1, 0.15) is 0 Å². The van der Waals surface area contributed by atoms with Gasteiger partial charge in [0.05, 0.1) is 0 Å². The Morgan fingerprint density at radius 1 is 1.58 bits per heavy atom. The van der Waals surface area contributed by atoms with Gasteiger partial charge in [0.25, 0.3) is 0 Å². The quantitative estimate of drug-likeness (QED) is 0.629. The average molecular weight is 169 g/mol. The third-order valence-electron chi connectivity index (χ3n) is 2.45. The summed E-state index contributed by atoms with van der Waals surface area (Å²) in [5, 5.41) is 8.73. The van der Waals surface area contributed by atoms with Crippen LogP contribution in [-0.2, 0) is 4.79 Å². The lowest BCUT2D eigenvalue weighted by atomic mass is 9.97. The molecule has 0 amide bonds. The molecule has 1 fully saturated rings. The molecule has 1 aliphatic rings. The minimum atomic E-state index is -0.867. The first-order chi connectivity index (χ1) is 5.63. The van der Waals surface area contributed by atoms with Gasteiger partial charge in [0.2, 0.25) is 0 Å². The lowest BCUT2D eigenvalue weighted by molar-refractivity contribution is -0.133. The Bertz CT molecular complexity index is 201. The van der Waals surface area contributed by atoms with Crippen LogP contribution >= 0.6 is 0 Å². The van der Waals surface area contributed by atoms with Crippen LogP contribution in [0, 0.1) is 0 Å². The first kappa shape index (κ1) is 9.26. The van der Waals surface area contributed by atoms with E-state index in [1.54, 1.807) is 0 Å². The summed E-state index contributed by atoms with van der Waals surface area (Å²) in [5.41, 5.74) is 0.331. The second-order valence-corrected chi connectivity index (χ2v) is 3.32. The molecule has 1 aliphatic heterocycles. The number of likely N-dealkylation sites (tertiary alicyclic amines) is 1. The molecule has 1 atom stereocenters. The molecule has 3 nitrogen and oxygen atoms in total. The van der Waals surface area contributed by atoms with Crippen molar-refractivity contribution >= 4 is 5.97 Å². The van der Waals surface area contributed by atoms with Crippen molar-refractivity contribution in [3.05, 3.63) is 12.2 Å². The fraction of sp³-hybridized carbons (Fsp3) is 0.667. The van der Waals surface area contributed by atoms with Crippen LogP contribution in [0.2, 0.25) is 0 Å². The van der Waals surface area contributed by atoms with Gasteiger partial charge in [0, 0.05) is 11.6 Å². The largest absolute Gasteiger partial charge is 0.478 e. The standard InChI is InChI=1S/C9H15NO2/c1-7(9(11)12)8-5-3-4-6-10(8)2/h8H,1,3-6H2,2H3,(H,11,12). The molecule has 0 aromatic carbocycles. The Balaban J connectivity index is 2.59. The fourth-order valence-corrected chi connectivity index (χ4v) is 1.66. The number of carboxylic acid groups (broad SMARTS) is 1. The molecule has 12 heavy (non-hydrogen) atoms. The highest BCUT2D eigenvalue weighted by Crippen LogP contribution is 2.20. The van der Waals surface area contributed by atoms with Gasteiger partial charge in [0.15, 0.2) is 0 Å². The molecule has 68 valence electrons. The molecule has 0 spiro atoms. The number of hydrogen-bond acceptors (Lipinski definition) is 2. The Morgan fingerprint density at radius 3 is 2.75 bits per heavy atom. The minimum Gasteiger partial charge on any atom is -0.478 e. The average Bonchev–Trinajstić information content (AvgIpc) is 2.04. The van der Waals surface area contributed by atoms with E-state index in [9.17, 15) is 4.79 Å². The lowest BCUT2D eigenvalue weighted by Crippen LogP contribution is -2.39. The van der Waals surface area contributed by atoms with E-state index < -0.39 is 5.97 Å². The Hall–Kier alpha value is -0.830. The first-order valence-corrected chi connectivity index (χ1v) is 4.25. The second kappa shape index (κ2) is 3.72. The molecular formula is C9H15NO2. The lowest BCUT2D eigenvalue weighted by Gasteiger charge is -2.32. The Kier molecular flexibility index (Phi) is 2.87. The molecule has 1 unspecified atom stereocenters. The summed E-state index contributed by atoms with van der Waals surface area (Å²) in [6.07, 6.45) is 3.21. The summed E-state index contributed by atoms with van der Waals surface area (Å²) in [7, 11) is 1.96. The zero-order valence-corrected chi connectivity index (χ0v) is 7.42. The van der Waals surface area contributed by atoms with Crippen molar-refractivity contribution in [3.8, 4) is 0 Å². The van der Waals surface area contributed by atoms with Gasteiger partial charge in [-0.05, 0) is 26.4 Å². The van der Waals surface area contributed by atoms with Crippen LogP contribution in [0.15, 0.2) is 12.2 Å². The van der Waals surface area contributed by atoms with E-state index in [0.29, 0.717) is 5.57 Å². The normalized spacial score (nSPS) is 25.2. The van der Waals surface area contributed by atoms with E-state index in [0.717, 1.165) is 19.4 Å². The molecule has 1 heterocycles. The summed E-state index contributed by atoms with van der Waals surface area (Å²) in [5.74, 6) is -0.867. The van der Waals surface area contributed by atoms with Crippen LogP contribution in [0.3, 0.4) is 0 Å². The van der Waals surface area contributed by atoms with E-state index in [-0.39, 0.29) is 6.04 Å². The van der Waals surface area contributed by atoms with Gasteiger partial charge in [-0.2, -0.15) is 0 Å². The van der Waals surface area contributed by atoms with E-state index >= 15 is 0 Å². The molecule has 0 saturated carbocycles. The maximum atomic E-state index is 10.6. The highest BCUT2D eigenvalue weighted by molar-refractivity contribution is 5.87. The number of piperidine rings is 1. The van der Waals surface area contributed by atoms with Gasteiger partial charge in [-0.3, -0.25) is 4.90 Å². The molecule has 1 N–H and O–H groups in total. The van der Waals surface area contributed by atoms with E-state index in [1.165, 1.54) is 6.42 Å². The number of nitrogens with zero attached hydrogens (tertiary/aromatic N) is 1. The van der Waals surface area contributed by atoms with Crippen LogP contribution in [0.25, 0.3) is 0 Å². The number of rotatable bonds is 2. The molecular weight excluding hydrogens is 154 g/mol. The molecule has 0 aromatic heterocycles. The summed E-state index contributed by atoms with van der Waals surface area (Å²) >= 11 is 0. The highest BCUT2D eigenvalue weighted by Gasteiger charge is 2.24. The fourth-order valence-electron chi connectivity index (χ4n) is 1.66. The summed E-state index contributed by atoms with van der Waals surface area (Å²) in [6, 6.07) is 0.0521. The van der Waals surface area contributed by atoms with Crippen LogP contribution in [0.5, 0.6) is 0 Å². The van der Waals surface area contributed by atoms with Crippen molar-refractivity contribution in [2.75, 3.05) is 13.6 Å². The zero-order chi connectivity index (χ0) is 9.14. The zero-order valence-electron chi connectivity index (χ0n) is 7.42. The van der Waals surface area contributed by atoms with Crippen molar-refractivity contribution in [2.24, 2.45) is 0 Å². The van der Waals surface area contributed by atoms with Crippen molar-refractivity contribution in [3.63, 3.8) is 0 Å². The third-order valence-corrected chi connectivity index (χ3v) is 2.45. The van der Waals surface area contributed by atoms with E-state index in [1.807, 2.05) is 7.05 Å². The topological polar surface area (TPSA) is 40.5 Å². The van der Waals surface area contributed by atoms with Crippen LogP contribution in [0.4, 0.5) is 0 Å². The molecule has 1 saturated heterocycles. The molecule has 0 aliphatic carbocycles. The molecule has 0 aromatic rings. The monoisotopic (exact) mass is 169 g/mol. The van der Waals surface area contributed by atoms with Crippen molar-refractivity contribution < 1.29 is 9.90 Å². The maximum Gasteiger partial charge on any atom is 0.332 e. The van der Waals surface area contributed by atoms with E-state index in [2.05, 4.69) is 11.5 Å². The van der Waals surface area contributed by atoms with Crippen molar-refractivity contribution in [1.82, 2.24) is 4.90 Å². The summed E-state index contributed by atoms with van der Waals surface area (Å²) < 4.78 is 0. The third kappa shape index (κ3) is 1.85. The van der Waals surface area contributed by atoms with Gasteiger partial charge in [-0.15, -0.1) is 0 Å². The minimum absolute atomic E-state index is 0.0521. The molecule has 3 heteroatoms. The second-order valence-electron chi connectivity index (χ2n) is 3.32. The number of aliphatic carboxylic acids is 1. The molecule has 0 radical (unpaired) electrons. The predicted molar refractivity (Wildman–Crippen MR) is 47.0 cm³/mol. The number of hydrogen-bond donors (Lipinski definition) is 1. The van der Waals surface area contributed by atoms with Gasteiger partial charge in [-0.25, -0.2) is 4.79 Å². The Labute approximate surface area is 72.7 Å². The summed E-state index contributed by atoms with van der Waals surface area (Å²) in [6.45, 7) is 4.57. The Morgan fingerprint density at radius 2 is 2.25 bits per heavy atom. The smallest absolute Gasteiger partial charge is 0.332 e. The van der Waals surface area contributed by atoms with Crippen LogP contribution < -0.4 is 0 Å². The summed E-state index contributed by atoms with van der Waals surface area (Å²) in [4.78, 5) is 12.7. The predicted octanol–water partition coefficient (Wildman–Crippen LogP) is 1.11. The SMILES string of the molecule is C=C(C(=O)O)C1CCCCN1C. The van der Waals surface area contributed by atoms with Crippen LogP contribution in [0.1, 0.15) is 19.3 Å². The molecule has 0 bridgehead atoms. The number of carbonyl (C=O) groups is 1. The number of carboxylic acids is 1.